The van der Waals surface area contributed by atoms with Gasteiger partial charge in [0.2, 0.25) is 0 Å². The summed E-state index contributed by atoms with van der Waals surface area (Å²) >= 11 is 0. The van der Waals surface area contributed by atoms with Crippen LogP contribution in [0.25, 0.3) is 0 Å². The maximum Gasteiger partial charge on any atom is 0.412 e. The van der Waals surface area contributed by atoms with Crippen LogP contribution in [0.5, 0.6) is 5.75 Å². The van der Waals surface area contributed by atoms with Crippen molar-refractivity contribution < 1.29 is 9.53 Å². The monoisotopic (exact) mass is 484 g/mol. The number of piperidine rings is 1. The first kappa shape index (κ1) is 26.3. The van der Waals surface area contributed by atoms with Gasteiger partial charge in [-0.1, -0.05) is 51.9 Å². The quantitative estimate of drug-likeness (QED) is 0.383. The van der Waals surface area contributed by atoms with Crippen LogP contribution in [0.4, 0.5) is 10.5 Å². The number of fused-ring (bicyclic) bond motifs is 3. The van der Waals surface area contributed by atoms with Crippen molar-refractivity contribution in [1.29, 1.82) is 0 Å². The lowest BCUT2D eigenvalue weighted by Gasteiger charge is -2.32. The summed E-state index contributed by atoms with van der Waals surface area (Å²) in [5.74, 6) is 0.645. The molecule has 2 saturated heterocycles. The van der Waals surface area contributed by atoms with E-state index in [1.165, 1.54) is 95.1 Å². The second-order valence-corrected chi connectivity index (χ2v) is 11.4. The lowest BCUT2D eigenvalue weighted by Crippen LogP contribution is -2.45. The zero-order valence-corrected chi connectivity index (χ0v) is 22.5. The van der Waals surface area contributed by atoms with Crippen LogP contribution in [-0.4, -0.2) is 68.9 Å². The summed E-state index contributed by atoms with van der Waals surface area (Å²) in [6.07, 6.45) is 15.6. The van der Waals surface area contributed by atoms with Crippen molar-refractivity contribution in [3.8, 4) is 5.75 Å². The summed E-state index contributed by atoms with van der Waals surface area (Å²) in [7, 11) is 4.36. The Balaban J connectivity index is 1.05. The van der Waals surface area contributed by atoms with E-state index in [9.17, 15) is 4.79 Å². The second-order valence-electron chi connectivity index (χ2n) is 11.4. The number of benzene rings is 1. The number of unbranched alkanes of at least 4 members (excludes halogenated alkanes) is 7. The third-order valence-electron chi connectivity index (χ3n) is 8.63. The van der Waals surface area contributed by atoms with Gasteiger partial charge in [0.1, 0.15) is 5.75 Å². The first-order chi connectivity index (χ1) is 17.0. The molecule has 0 spiro atoms. The predicted octanol–water partition coefficient (Wildman–Crippen LogP) is 5.75. The largest absolute Gasteiger partial charge is 0.412 e. The molecule has 0 unspecified atom stereocenters. The average molecular weight is 485 g/mol. The Hall–Kier alpha value is -1.79. The Labute approximate surface area is 213 Å². The second kappa shape index (κ2) is 12.4. The van der Waals surface area contributed by atoms with Gasteiger partial charge in [0.15, 0.2) is 0 Å². The van der Waals surface area contributed by atoms with Gasteiger partial charge in [-0.2, -0.15) is 0 Å². The number of rotatable bonds is 12. The van der Waals surface area contributed by atoms with Crippen molar-refractivity contribution in [2.75, 3.05) is 51.7 Å². The predicted molar refractivity (Wildman–Crippen MR) is 144 cm³/mol. The first-order valence-corrected chi connectivity index (χ1v) is 14.2. The Bertz CT molecular complexity index is 825. The van der Waals surface area contributed by atoms with Crippen LogP contribution >= 0.6 is 0 Å². The molecule has 3 aliphatic rings. The minimum atomic E-state index is -0.338. The number of ether oxygens (including phenoxy) is 1. The smallest absolute Gasteiger partial charge is 0.410 e. The standard InChI is InChI=1S/C29H48N4O2/c1-29-17-22-31(2)27(29)32(3)26-16-15-24(23-25(26)29)35-28(34)30-18-11-8-6-4-5-7-9-12-19-33-20-13-10-14-21-33/h15-16,23,27H,4-14,17-22H2,1-3H3,(H,30,34)/t27-,29+/m1/s1. The summed E-state index contributed by atoms with van der Waals surface area (Å²) < 4.78 is 5.64. The van der Waals surface area contributed by atoms with Crippen molar-refractivity contribution in [3.63, 3.8) is 0 Å². The molecule has 1 aromatic carbocycles. The van der Waals surface area contributed by atoms with Gasteiger partial charge in [-0.25, -0.2) is 4.79 Å². The number of carbonyl (C=O) groups is 1. The maximum absolute atomic E-state index is 12.3. The molecule has 2 fully saturated rings. The van der Waals surface area contributed by atoms with E-state index in [4.69, 9.17) is 4.74 Å². The van der Waals surface area contributed by atoms with Crippen molar-refractivity contribution in [2.45, 2.75) is 95.6 Å². The average Bonchev–Trinajstić information content (AvgIpc) is 3.28. The van der Waals surface area contributed by atoms with E-state index >= 15 is 0 Å². The summed E-state index contributed by atoms with van der Waals surface area (Å²) in [5, 5.41) is 2.94. The number of nitrogens with zero attached hydrogens (tertiary/aromatic N) is 3. The van der Waals surface area contributed by atoms with E-state index in [1.54, 1.807) is 0 Å². The van der Waals surface area contributed by atoms with E-state index in [0.29, 0.717) is 18.5 Å². The van der Waals surface area contributed by atoms with Gasteiger partial charge in [-0.3, -0.25) is 4.90 Å². The molecule has 0 radical (unpaired) electrons. The Morgan fingerprint density at radius 2 is 1.66 bits per heavy atom. The summed E-state index contributed by atoms with van der Waals surface area (Å²) in [6.45, 7) is 8.07. The molecule has 0 bridgehead atoms. The Morgan fingerprint density at radius 1 is 0.971 bits per heavy atom. The molecule has 1 N–H and O–H groups in total. The zero-order valence-electron chi connectivity index (χ0n) is 22.5. The number of nitrogens with one attached hydrogen (secondary N) is 1. The van der Waals surface area contributed by atoms with E-state index < -0.39 is 0 Å². The van der Waals surface area contributed by atoms with Crippen LogP contribution < -0.4 is 15.0 Å². The van der Waals surface area contributed by atoms with Gasteiger partial charge in [0.05, 0.1) is 6.17 Å². The molecule has 3 heterocycles. The molecule has 2 atom stereocenters. The van der Waals surface area contributed by atoms with Crippen LogP contribution in [-0.2, 0) is 5.41 Å². The number of likely N-dealkylation sites (N-methyl/N-ethyl adjacent to an activating group) is 2. The number of hydrogen-bond donors (Lipinski definition) is 1. The highest BCUT2D eigenvalue weighted by Crippen LogP contribution is 2.51. The molecule has 35 heavy (non-hydrogen) atoms. The molecule has 1 amide bonds. The fourth-order valence-corrected chi connectivity index (χ4v) is 6.66. The molecule has 0 aromatic heterocycles. The molecule has 1 aromatic rings. The fraction of sp³-hybridized carbons (Fsp3) is 0.759. The van der Waals surface area contributed by atoms with Crippen molar-refractivity contribution in [2.24, 2.45) is 0 Å². The Morgan fingerprint density at radius 3 is 2.40 bits per heavy atom. The number of likely N-dealkylation sites (tertiary alicyclic amines) is 2. The van der Waals surface area contributed by atoms with E-state index in [0.717, 1.165) is 19.4 Å². The highest BCUT2D eigenvalue weighted by atomic mass is 16.6. The molecule has 6 nitrogen and oxygen atoms in total. The molecular weight excluding hydrogens is 436 g/mol. The summed E-state index contributed by atoms with van der Waals surface area (Å²) in [4.78, 5) is 19.8. The van der Waals surface area contributed by atoms with E-state index in [2.05, 4.69) is 53.2 Å². The maximum atomic E-state index is 12.3. The number of amides is 1. The number of carbonyl (C=O) groups excluding carboxylic acids is 1. The van der Waals surface area contributed by atoms with Crippen molar-refractivity contribution in [1.82, 2.24) is 15.1 Å². The van der Waals surface area contributed by atoms with Crippen LogP contribution in [0.3, 0.4) is 0 Å². The number of anilines is 1. The van der Waals surface area contributed by atoms with Gasteiger partial charge in [-0.05, 0) is 82.5 Å². The first-order valence-electron chi connectivity index (χ1n) is 14.2. The molecule has 196 valence electrons. The van der Waals surface area contributed by atoms with Crippen LogP contribution in [0, 0.1) is 0 Å². The van der Waals surface area contributed by atoms with Crippen LogP contribution in [0.15, 0.2) is 18.2 Å². The number of hydrogen-bond acceptors (Lipinski definition) is 5. The van der Waals surface area contributed by atoms with Gasteiger partial charge in [0, 0.05) is 31.2 Å². The third kappa shape index (κ3) is 6.51. The minimum absolute atomic E-state index is 0.0853. The summed E-state index contributed by atoms with van der Waals surface area (Å²) in [5.41, 5.74) is 2.63. The van der Waals surface area contributed by atoms with Gasteiger partial charge in [0.25, 0.3) is 0 Å². The summed E-state index contributed by atoms with van der Waals surface area (Å²) in [6, 6.07) is 6.10. The topological polar surface area (TPSA) is 48.1 Å². The van der Waals surface area contributed by atoms with Gasteiger partial charge >= 0.3 is 6.09 Å². The normalized spacial score (nSPS) is 24.4. The SMILES string of the molecule is CN1CC[C@@]2(C)c3cc(OC(=O)NCCCCCCCCCCN4CCCCC4)ccc3N(C)[C@@H]12. The Kier molecular flexibility index (Phi) is 9.34. The zero-order chi connectivity index (χ0) is 24.7. The molecule has 0 saturated carbocycles. The van der Waals surface area contributed by atoms with Gasteiger partial charge in [-0.15, -0.1) is 0 Å². The van der Waals surface area contributed by atoms with Crippen LogP contribution in [0.1, 0.15) is 89.5 Å². The molecule has 4 rings (SSSR count). The third-order valence-corrected chi connectivity index (χ3v) is 8.63. The molecule has 6 heteroatoms. The lowest BCUT2D eigenvalue weighted by molar-refractivity contribution is 0.200. The van der Waals surface area contributed by atoms with Crippen LogP contribution in [0.2, 0.25) is 0 Å². The highest BCUT2D eigenvalue weighted by Gasteiger charge is 2.52. The van der Waals surface area contributed by atoms with Crippen molar-refractivity contribution in [3.05, 3.63) is 23.8 Å². The molecule has 0 aliphatic carbocycles. The lowest BCUT2D eigenvalue weighted by atomic mass is 9.81. The molecule has 3 aliphatic heterocycles. The highest BCUT2D eigenvalue weighted by molar-refractivity contribution is 5.72. The van der Waals surface area contributed by atoms with E-state index in [-0.39, 0.29) is 11.5 Å². The minimum Gasteiger partial charge on any atom is -0.410 e. The van der Waals surface area contributed by atoms with Crippen molar-refractivity contribution >= 4 is 11.8 Å². The van der Waals surface area contributed by atoms with Gasteiger partial charge < -0.3 is 19.9 Å². The fourth-order valence-electron chi connectivity index (χ4n) is 6.66. The molecular formula is C29H48N4O2. The van der Waals surface area contributed by atoms with E-state index in [1.807, 2.05) is 6.07 Å².